The van der Waals surface area contributed by atoms with Crippen LogP contribution in [0.3, 0.4) is 0 Å². The molecular formula is C15H20O4S. The summed E-state index contributed by atoms with van der Waals surface area (Å²) in [5.41, 5.74) is 0. The Balaban J connectivity index is 2.32. The highest BCUT2D eigenvalue weighted by Gasteiger charge is 2.14. The minimum absolute atomic E-state index is 0.0975. The minimum atomic E-state index is -3.37. The van der Waals surface area contributed by atoms with Gasteiger partial charge in [0.1, 0.15) is 6.61 Å². The zero-order valence-corrected chi connectivity index (χ0v) is 12.4. The van der Waals surface area contributed by atoms with Crippen molar-refractivity contribution in [3.63, 3.8) is 0 Å². The van der Waals surface area contributed by atoms with E-state index in [9.17, 15) is 13.2 Å². The molecule has 0 fully saturated rings. The van der Waals surface area contributed by atoms with Crippen LogP contribution in [0.1, 0.15) is 26.2 Å². The van der Waals surface area contributed by atoms with Crippen LogP contribution in [-0.4, -0.2) is 26.7 Å². The molecule has 0 unspecified atom stereocenters. The second-order valence-electron chi connectivity index (χ2n) is 4.31. The second kappa shape index (κ2) is 8.53. The van der Waals surface area contributed by atoms with E-state index in [1.54, 1.807) is 18.2 Å². The average Bonchev–Trinajstić information content (AvgIpc) is 2.44. The average molecular weight is 296 g/mol. The van der Waals surface area contributed by atoms with Crippen molar-refractivity contribution in [1.29, 1.82) is 0 Å². The van der Waals surface area contributed by atoms with Gasteiger partial charge in [-0.25, -0.2) is 8.42 Å². The summed E-state index contributed by atoms with van der Waals surface area (Å²) < 4.78 is 28.8. The van der Waals surface area contributed by atoms with E-state index < -0.39 is 9.84 Å². The summed E-state index contributed by atoms with van der Waals surface area (Å²) >= 11 is 0. The van der Waals surface area contributed by atoms with Gasteiger partial charge in [0, 0.05) is 6.42 Å². The summed E-state index contributed by atoms with van der Waals surface area (Å²) in [5.74, 6) is -0.532. The van der Waals surface area contributed by atoms with E-state index in [1.165, 1.54) is 12.1 Å². The summed E-state index contributed by atoms with van der Waals surface area (Å²) in [5, 5.41) is 0. The van der Waals surface area contributed by atoms with Crippen molar-refractivity contribution >= 4 is 15.8 Å². The number of hydrogen-bond acceptors (Lipinski definition) is 4. The summed E-state index contributed by atoms with van der Waals surface area (Å²) in [7, 11) is -3.37. The third-order valence-electron chi connectivity index (χ3n) is 2.70. The molecule has 0 aliphatic heterocycles. The molecular weight excluding hydrogens is 276 g/mol. The Morgan fingerprint density at radius 1 is 1.25 bits per heavy atom. The summed E-state index contributed by atoms with van der Waals surface area (Å²) in [6.07, 6.45) is 5.77. The molecule has 0 aliphatic carbocycles. The van der Waals surface area contributed by atoms with Gasteiger partial charge in [0.2, 0.25) is 0 Å². The third-order valence-corrected chi connectivity index (χ3v) is 4.40. The van der Waals surface area contributed by atoms with Crippen LogP contribution >= 0.6 is 0 Å². The van der Waals surface area contributed by atoms with Crippen molar-refractivity contribution in [3.05, 3.63) is 42.5 Å². The predicted octanol–water partition coefficient (Wildman–Crippen LogP) is 2.75. The first-order valence-electron chi connectivity index (χ1n) is 6.61. The molecule has 0 bridgehead atoms. The molecule has 0 aromatic heterocycles. The van der Waals surface area contributed by atoms with Crippen molar-refractivity contribution < 1.29 is 17.9 Å². The first-order valence-corrected chi connectivity index (χ1v) is 8.26. The van der Waals surface area contributed by atoms with Crippen LogP contribution in [0.25, 0.3) is 0 Å². The predicted molar refractivity (Wildman–Crippen MR) is 78.1 cm³/mol. The first-order chi connectivity index (χ1) is 9.56. The third kappa shape index (κ3) is 6.02. The molecule has 0 saturated carbocycles. The molecule has 1 aromatic rings. The number of unbranched alkanes of at least 4 members (excludes halogenated alkanes) is 1. The molecule has 4 nitrogen and oxygen atoms in total. The monoisotopic (exact) mass is 296 g/mol. The highest BCUT2D eigenvalue weighted by Crippen LogP contribution is 2.10. The molecule has 0 saturated heterocycles. The quantitative estimate of drug-likeness (QED) is 0.420. The lowest BCUT2D eigenvalue weighted by atomic mass is 10.2. The molecule has 0 heterocycles. The van der Waals surface area contributed by atoms with Crippen molar-refractivity contribution in [2.24, 2.45) is 0 Å². The van der Waals surface area contributed by atoms with Crippen LogP contribution in [0.2, 0.25) is 0 Å². The van der Waals surface area contributed by atoms with E-state index >= 15 is 0 Å². The first kappa shape index (κ1) is 16.4. The maximum absolute atomic E-state index is 11.9. The Hall–Kier alpha value is -1.62. The molecule has 0 amide bonds. The molecule has 1 aromatic carbocycles. The maximum Gasteiger partial charge on any atom is 0.305 e. The standard InChI is InChI=1S/C15H20O4S/c1-2-3-4-8-11-15(16)19-12-13-20(17,18)14-9-6-5-7-10-14/h2-3,5-7,9-10H,4,8,11-13H2,1H3/b3-2-. The fraction of sp³-hybridized carbons (Fsp3) is 0.400. The SMILES string of the molecule is C/C=C\CCCC(=O)OCCS(=O)(=O)c1ccccc1. The Kier molecular flexibility index (Phi) is 7.01. The van der Waals surface area contributed by atoms with Crippen molar-refractivity contribution in [2.75, 3.05) is 12.4 Å². The van der Waals surface area contributed by atoms with E-state index in [4.69, 9.17) is 4.74 Å². The highest BCUT2D eigenvalue weighted by atomic mass is 32.2. The Morgan fingerprint density at radius 2 is 1.95 bits per heavy atom. The lowest BCUT2D eigenvalue weighted by molar-refractivity contribution is -0.143. The summed E-state index contributed by atoms with van der Waals surface area (Å²) in [6, 6.07) is 8.16. The van der Waals surface area contributed by atoms with Gasteiger partial charge in [0.05, 0.1) is 10.6 Å². The molecule has 110 valence electrons. The molecule has 0 N–H and O–H groups in total. The number of rotatable bonds is 8. The molecule has 20 heavy (non-hydrogen) atoms. The summed E-state index contributed by atoms with van der Waals surface area (Å²) in [6.45, 7) is 1.83. The van der Waals surface area contributed by atoms with Gasteiger partial charge in [-0.05, 0) is 31.9 Å². The summed E-state index contributed by atoms with van der Waals surface area (Å²) in [4.78, 5) is 11.6. The molecule has 5 heteroatoms. The van der Waals surface area contributed by atoms with E-state index in [1.807, 2.05) is 19.1 Å². The van der Waals surface area contributed by atoms with Crippen molar-refractivity contribution in [3.8, 4) is 0 Å². The Morgan fingerprint density at radius 3 is 2.60 bits per heavy atom. The molecule has 0 atom stereocenters. The van der Waals surface area contributed by atoms with Crippen LogP contribution in [0.4, 0.5) is 0 Å². The van der Waals surface area contributed by atoms with E-state index in [2.05, 4.69) is 0 Å². The molecule has 0 spiro atoms. The van der Waals surface area contributed by atoms with Crippen LogP contribution in [-0.2, 0) is 19.4 Å². The molecule has 0 aliphatic rings. The number of benzene rings is 1. The fourth-order valence-electron chi connectivity index (χ4n) is 1.61. The number of ether oxygens (including phenoxy) is 1. The van der Waals surface area contributed by atoms with Gasteiger partial charge in [-0.3, -0.25) is 4.79 Å². The van der Waals surface area contributed by atoms with Gasteiger partial charge in [-0.2, -0.15) is 0 Å². The number of carbonyl (C=O) groups excluding carboxylic acids is 1. The second-order valence-corrected chi connectivity index (χ2v) is 6.42. The minimum Gasteiger partial charge on any atom is -0.465 e. The van der Waals surface area contributed by atoms with Gasteiger partial charge in [-0.15, -0.1) is 0 Å². The van der Waals surface area contributed by atoms with Crippen LogP contribution in [0, 0.1) is 0 Å². The van der Waals surface area contributed by atoms with Gasteiger partial charge in [-0.1, -0.05) is 30.4 Å². The van der Waals surface area contributed by atoms with E-state index in [-0.39, 0.29) is 23.2 Å². The number of esters is 1. The topological polar surface area (TPSA) is 60.4 Å². The number of hydrogen-bond donors (Lipinski definition) is 0. The lowest BCUT2D eigenvalue weighted by Gasteiger charge is -2.06. The molecule has 1 rings (SSSR count). The smallest absolute Gasteiger partial charge is 0.305 e. The van der Waals surface area contributed by atoms with Crippen molar-refractivity contribution in [1.82, 2.24) is 0 Å². The lowest BCUT2D eigenvalue weighted by Crippen LogP contribution is -2.15. The zero-order valence-electron chi connectivity index (χ0n) is 11.6. The van der Waals surface area contributed by atoms with Crippen LogP contribution < -0.4 is 0 Å². The fourth-order valence-corrected chi connectivity index (χ4v) is 2.72. The van der Waals surface area contributed by atoms with Crippen molar-refractivity contribution in [2.45, 2.75) is 31.1 Å². The highest BCUT2D eigenvalue weighted by molar-refractivity contribution is 7.91. The Bertz CT molecular complexity index is 532. The number of sulfone groups is 1. The molecule has 0 radical (unpaired) electrons. The van der Waals surface area contributed by atoms with Gasteiger partial charge in [0.15, 0.2) is 9.84 Å². The Labute approximate surface area is 120 Å². The zero-order chi connectivity index (χ0) is 14.8. The normalized spacial score (nSPS) is 11.7. The number of carbonyl (C=O) groups is 1. The van der Waals surface area contributed by atoms with Gasteiger partial charge in [0.25, 0.3) is 0 Å². The van der Waals surface area contributed by atoms with Gasteiger partial charge < -0.3 is 4.74 Å². The van der Waals surface area contributed by atoms with Crippen LogP contribution in [0.15, 0.2) is 47.4 Å². The van der Waals surface area contributed by atoms with Crippen LogP contribution in [0.5, 0.6) is 0 Å². The number of allylic oxidation sites excluding steroid dienone is 2. The largest absolute Gasteiger partial charge is 0.465 e. The maximum atomic E-state index is 11.9. The van der Waals surface area contributed by atoms with E-state index in [0.29, 0.717) is 12.8 Å². The van der Waals surface area contributed by atoms with Gasteiger partial charge >= 0.3 is 5.97 Å². The van der Waals surface area contributed by atoms with E-state index in [0.717, 1.165) is 6.42 Å².